The van der Waals surface area contributed by atoms with E-state index in [1.807, 2.05) is 29.6 Å². The van der Waals surface area contributed by atoms with Crippen LogP contribution in [-0.2, 0) is 17.8 Å². The summed E-state index contributed by atoms with van der Waals surface area (Å²) in [4.78, 5) is 12.9. The standard InChI is InChI=1S/C15H14N4O2S/c20-15(9-12-4-2-8-22-12)17-14-6-5-13(18-19-14)16-10-11-3-1-7-21-11/h1-8H,9-10H2,(H,16,18)(H,17,19,20). The van der Waals surface area contributed by atoms with E-state index in [-0.39, 0.29) is 5.91 Å². The molecule has 0 aromatic carbocycles. The summed E-state index contributed by atoms with van der Waals surface area (Å²) in [6.07, 6.45) is 1.97. The molecule has 3 heterocycles. The molecule has 0 atom stereocenters. The van der Waals surface area contributed by atoms with Gasteiger partial charge in [0, 0.05) is 4.88 Å². The van der Waals surface area contributed by atoms with Gasteiger partial charge in [-0.1, -0.05) is 6.07 Å². The van der Waals surface area contributed by atoms with Crippen LogP contribution in [-0.4, -0.2) is 16.1 Å². The molecule has 0 aliphatic heterocycles. The highest BCUT2D eigenvalue weighted by molar-refractivity contribution is 7.10. The van der Waals surface area contributed by atoms with Crippen LogP contribution in [0.15, 0.2) is 52.5 Å². The van der Waals surface area contributed by atoms with Crippen molar-refractivity contribution >= 4 is 28.9 Å². The number of nitrogens with zero attached hydrogens (tertiary/aromatic N) is 2. The van der Waals surface area contributed by atoms with Crippen molar-refractivity contribution in [2.24, 2.45) is 0 Å². The van der Waals surface area contributed by atoms with Crippen LogP contribution in [0, 0.1) is 0 Å². The smallest absolute Gasteiger partial charge is 0.230 e. The number of aromatic nitrogens is 2. The Labute approximate surface area is 131 Å². The van der Waals surface area contributed by atoms with Gasteiger partial charge in [-0.2, -0.15) is 0 Å². The predicted octanol–water partition coefficient (Wildman–Crippen LogP) is 2.92. The fourth-order valence-corrected chi connectivity index (χ4v) is 2.55. The second-order valence-electron chi connectivity index (χ2n) is 4.54. The first-order chi connectivity index (χ1) is 10.8. The Hall–Kier alpha value is -2.67. The minimum absolute atomic E-state index is 0.104. The maximum atomic E-state index is 11.8. The van der Waals surface area contributed by atoms with Crippen molar-refractivity contribution in [2.75, 3.05) is 10.6 Å². The van der Waals surface area contributed by atoms with Crippen molar-refractivity contribution in [1.82, 2.24) is 10.2 Å². The zero-order chi connectivity index (χ0) is 15.2. The molecular formula is C15H14N4O2S. The van der Waals surface area contributed by atoms with E-state index in [0.29, 0.717) is 24.6 Å². The molecule has 2 N–H and O–H groups in total. The van der Waals surface area contributed by atoms with Crippen LogP contribution < -0.4 is 10.6 Å². The molecule has 22 heavy (non-hydrogen) atoms. The zero-order valence-electron chi connectivity index (χ0n) is 11.7. The predicted molar refractivity (Wildman–Crippen MR) is 84.7 cm³/mol. The minimum Gasteiger partial charge on any atom is -0.467 e. The third-order valence-corrected chi connectivity index (χ3v) is 3.75. The van der Waals surface area contributed by atoms with Gasteiger partial charge in [0.05, 0.1) is 19.2 Å². The topological polar surface area (TPSA) is 80.0 Å². The lowest BCUT2D eigenvalue weighted by Crippen LogP contribution is -2.15. The van der Waals surface area contributed by atoms with Gasteiger partial charge in [0.2, 0.25) is 5.91 Å². The summed E-state index contributed by atoms with van der Waals surface area (Å²) in [7, 11) is 0. The van der Waals surface area contributed by atoms with Gasteiger partial charge in [0.1, 0.15) is 11.6 Å². The molecule has 3 rings (SSSR count). The Morgan fingerprint density at radius 3 is 2.68 bits per heavy atom. The first-order valence-corrected chi connectivity index (χ1v) is 7.60. The maximum Gasteiger partial charge on any atom is 0.230 e. The quantitative estimate of drug-likeness (QED) is 0.731. The molecule has 112 valence electrons. The van der Waals surface area contributed by atoms with Gasteiger partial charge >= 0.3 is 0 Å². The van der Waals surface area contributed by atoms with Crippen molar-refractivity contribution < 1.29 is 9.21 Å². The van der Waals surface area contributed by atoms with E-state index in [2.05, 4.69) is 20.8 Å². The second kappa shape index (κ2) is 6.86. The third kappa shape index (κ3) is 3.92. The van der Waals surface area contributed by atoms with Gasteiger partial charge in [0.25, 0.3) is 0 Å². The maximum absolute atomic E-state index is 11.8. The van der Waals surface area contributed by atoms with Crippen molar-refractivity contribution in [2.45, 2.75) is 13.0 Å². The molecule has 0 aliphatic carbocycles. The summed E-state index contributed by atoms with van der Waals surface area (Å²) in [5, 5.41) is 15.7. The van der Waals surface area contributed by atoms with Crippen molar-refractivity contribution in [3.8, 4) is 0 Å². The van der Waals surface area contributed by atoms with E-state index < -0.39 is 0 Å². The molecule has 7 heteroatoms. The number of rotatable bonds is 6. The summed E-state index contributed by atoms with van der Waals surface area (Å²) in [6.45, 7) is 0.533. The Bertz CT molecular complexity index is 709. The average molecular weight is 314 g/mol. The zero-order valence-corrected chi connectivity index (χ0v) is 12.5. The Kier molecular flexibility index (Phi) is 4.45. The van der Waals surface area contributed by atoms with Crippen LogP contribution >= 0.6 is 11.3 Å². The Morgan fingerprint density at radius 1 is 1.14 bits per heavy atom. The lowest BCUT2D eigenvalue weighted by Gasteiger charge is -2.05. The Balaban J connectivity index is 1.51. The number of anilines is 2. The average Bonchev–Trinajstić information content (AvgIpc) is 3.20. The van der Waals surface area contributed by atoms with E-state index >= 15 is 0 Å². The summed E-state index contributed by atoms with van der Waals surface area (Å²) in [5.74, 6) is 1.76. The van der Waals surface area contributed by atoms with Crippen LogP contribution in [0.1, 0.15) is 10.6 Å². The van der Waals surface area contributed by atoms with Gasteiger partial charge in [-0.3, -0.25) is 4.79 Å². The SMILES string of the molecule is O=C(Cc1cccs1)Nc1ccc(NCc2ccco2)nn1. The molecule has 1 amide bonds. The number of hydrogen-bond acceptors (Lipinski definition) is 6. The van der Waals surface area contributed by atoms with Crippen LogP contribution in [0.4, 0.5) is 11.6 Å². The van der Waals surface area contributed by atoms with E-state index in [1.165, 1.54) is 0 Å². The van der Waals surface area contributed by atoms with E-state index in [1.54, 1.807) is 29.7 Å². The van der Waals surface area contributed by atoms with E-state index in [9.17, 15) is 4.79 Å². The van der Waals surface area contributed by atoms with Gasteiger partial charge in [-0.15, -0.1) is 21.5 Å². The highest BCUT2D eigenvalue weighted by Crippen LogP contribution is 2.12. The van der Waals surface area contributed by atoms with Gasteiger partial charge in [-0.25, -0.2) is 0 Å². The molecule has 0 spiro atoms. The number of amides is 1. The summed E-state index contributed by atoms with van der Waals surface area (Å²) < 4.78 is 5.21. The van der Waals surface area contributed by atoms with Crippen molar-refractivity contribution in [3.63, 3.8) is 0 Å². The lowest BCUT2D eigenvalue weighted by molar-refractivity contribution is -0.115. The molecule has 0 saturated heterocycles. The summed E-state index contributed by atoms with van der Waals surface area (Å²) >= 11 is 1.55. The lowest BCUT2D eigenvalue weighted by atomic mass is 10.3. The number of carbonyl (C=O) groups is 1. The fourth-order valence-electron chi connectivity index (χ4n) is 1.84. The summed E-state index contributed by atoms with van der Waals surface area (Å²) in [6, 6.07) is 11.0. The minimum atomic E-state index is -0.104. The second-order valence-corrected chi connectivity index (χ2v) is 5.57. The molecule has 0 aliphatic rings. The molecule has 0 unspecified atom stereocenters. The Morgan fingerprint density at radius 2 is 2.00 bits per heavy atom. The van der Waals surface area contributed by atoms with Gasteiger partial charge < -0.3 is 15.1 Å². The number of furan rings is 1. The number of nitrogens with one attached hydrogen (secondary N) is 2. The van der Waals surface area contributed by atoms with Crippen molar-refractivity contribution in [3.05, 3.63) is 58.7 Å². The fraction of sp³-hybridized carbons (Fsp3) is 0.133. The van der Waals surface area contributed by atoms with E-state index in [0.717, 1.165) is 10.6 Å². The summed E-state index contributed by atoms with van der Waals surface area (Å²) in [5.41, 5.74) is 0. The van der Waals surface area contributed by atoms with E-state index in [4.69, 9.17) is 4.42 Å². The number of thiophene rings is 1. The van der Waals surface area contributed by atoms with Gasteiger partial charge in [0.15, 0.2) is 5.82 Å². The van der Waals surface area contributed by atoms with Gasteiger partial charge in [-0.05, 0) is 35.7 Å². The molecule has 0 fully saturated rings. The first-order valence-electron chi connectivity index (χ1n) is 6.72. The normalized spacial score (nSPS) is 10.4. The molecule has 0 saturated carbocycles. The number of carbonyl (C=O) groups excluding carboxylic acids is 1. The molecule has 6 nitrogen and oxygen atoms in total. The van der Waals surface area contributed by atoms with Crippen LogP contribution in [0.25, 0.3) is 0 Å². The first kappa shape index (κ1) is 14.3. The number of hydrogen-bond donors (Lipinski definition) is 2. The third-order valence-electron chi connectivity index (χ3n) is 2.87. The van der Waals surface area contributed by atoms with Crippen molar-refractivity contribution in [1.29, 1.82) is 0 Å². The van der Waals surface area contributed by atoms with Crippen LogP contribution in [0.2, 0.25) is 0 Å². The highest BCUT2D eigenvalue weighted by atomic mass is 32.1. The largest absolute Gasteiger partial charge is 0.467 e. The molecule has 3 aromatic rings. The molecular weight excluding hydrogens is 300 g/mol. The highest BCUT2D eigenvalue weighted by Gasteiger charge is 2.06. The molecule has 0 bridgehead atoms. The monoisotopic (exact) mass is 314 g/mol. The molecule has 0 radical (unpaired) electrons. The molecule has 3 aromatic heterocycles. The van der Waals surface area contributed by atoms with Crippen LogP contribution in [0.5, 0.6) is 0 Å². The van der Waals surface area contributed by atoms with Crippen LogP contribution in [0.3, 0.4) is 0 Å².